The van der Waals surface area contributed by atoms with Gasteiger partial charge in [-0.25, -0.2) is 0 Å². The summed E-state index contributed by atoms with van der Waals surface area (Å²) >= 11 is 0. The molecular formula is C3H7ClO2S. The fourth-order valence-electron chi connectivity index (χ4n) is 0. The quantitative estimate of drug-likeness (QED) is 0.393. The minimum absolute atomic E-state index is 0.277. The summed E-state index contributed by atoms with van der Waals surface area (Å²) in [7, 11) is 1.83. The smallest absolute Gasteiger partial charge is 0.197 e. The van der Waals surface area contributed by atoms with Gasteiger partial charge in [-0.15, -0.1) is 0 Å². The van der Waals surface area contributed by atoms with Crippen LogP contribution in [0.15, 0.2) is 0 Å². The number of carbonyl (C=O) groups is 1. The van der Waals surface area contributed by atoms with Gasteiger partial charge in [-0.1, -0.05) is 0 Å². The van der Waals surface area contributed by atoms with Crippen molar-refractivity contribution >= 4 is 24.6 Å². The molecule has 4 heteroatoms. The zero-order valence-electron chi connectivity index (χ0n) is 4.18. The van der Waals surface area contributed by atoms with Crippen LogP contribution in [-0.2, 0) is 13.1 Å². The second-order valence-electron chi connectivity index (χ2n) is 1.87. The highest BCUT2D eigenvalue weighted by Crippen LogP contribution is 2.17. The standard InChI is InChI=1S/C3H7ClO2S/c1-7(2,4,6)3-5/h3H,1-2H3. The predicted molar refractivity (Wildman–Crippen MR) is 32.6 cm³/mol. The Morgan fingerprint density at radius 2 is 1.71 bits per heavy atom. The molecule has 0 heterocycles. The van der Waals surface area contributed by atoms with E-state index in [1.807, 2.05) is 0 Å². The second kappa shape index (κ2) is 1.29. The Labute approximate surface area is 46.7 Å². The lowest BCUT2D eigenvalue weighted by atomic mass is 11.8. The van der Waals surface area contributed by atoms with Crippen molar-refractivity contribution in [2.75, 3.05) is 12.5 Å². The summed E-state index contributed by atoms with van der Waals surface area (Å²) < 4.78 is 10.6. The summed E-state index contributed by atoms with van der Waals surface area (Å²) in [6.45, 7) is 0. The van der Waals surface area contributed by atoms with Crippen molar-refractivity contribution in [3.63, 3.8) is 0 Å². The van der Waals surface area contributed by atoms with Crippen LogP contribution < -0.4 is 0 Å². The number of rotatable bonds is 1. The minimum atomic E-state index is -3.32. The maximum absolute atomic E-state index is 10.6. The highest BCUT2D eigenvalue weighted by atomic mass is 35.7. The van der Waals surface area contributed by atoms with Crippen LogP contribution in [0.4, 0.5) is 0 Å². The van der Waals surface area contributed by atoms with E-state index < -0.39 is 8.28 Å². The van der Waals surface area contributed by atoms with Gasteiger partial charge in [0.05, 0.1) is 0 Å². The van der Waals surface area contributed by atoms with E-state index in [2.05, 4.69) is 0 Å². The van der Waals surface area contributed by atoms with E-state index >= 15 is 0 Å². The lowest BCUT2D eigenvalue weighted by Crippen LogP contribution is -2.20. The minimum Gasteiger partial charge on any atom is -0.289 e. The van der Waals surface area contributed by atoms with Crippen molar-refractivity contribution in [2.24, 2.45) is 0 Å². The summed E-state index contributed by atoms with van der Waals surface area (Å²) in [5, 5.41) is 0. The van der Waals surface area contributed by atoms with Crippen LogP contribution in [0.2, 0.25) is 0 Å². The first-order chi connectivity index (χ1) is 2.81. The lowest BCUT2D eigenvalue weighted by molar-refractivity contribution is 0.566. The normalized spacial score (nSPS) is 17.3. The Morgan fingerprint density at radius 1 is 1.57 bits per heavy atom. The van der Waals surface area contributed by atoms with Crippen LogP contribution in [-0.4, -0.2) is 22.3 Å². The first-order valence-electron chi connectivity index (χ1n) is 1.61. The lowest BCUT2D eigenvalue weighted by Gasteiger charge is -2.13. The van der Waals surface area contributed by atoms with E-state index in [1.165, 1.54) is 12.5 Å². The fraction of sp³-hybridized carbons (Fsp3) is 0.667. The molecule has 0 aliphatic rings. The third kappa shape index (κ3) is 6.11. The van der Waals surface area contributed by atoms with E-state index in [0.29, 0.717) is 0 Å². The Balaban J connectivity index is 4.46. The average Bonchev–Trinajstić information content (AvgIpc) is 1.32. The molecule has 0 fully saturated rings. The summed E-state index contributed by atoms with van der Waals surface area (Å²) in [6.07, 6.45) is 2.43. The van der Waals surface area contributed by atoms with Gasteiger partial charge in [-0.2, -0.15) is 0 Å². The molecule has 0 bridgehead atoms. The molecule has 0 aromatic rings. The molecule has 0 aliphatic carbocycles. The highest BCUT2D eigenvalue weighted by Gasteiger charge is 2.17. The molecule has 7 heavy (non-hydrogen) atoms. The van der Waals surface area contributed by atoms with Crippen LogP contribution in [0.25, 0.3) is 0 Å². The van der Waals surface area contributed by atoms with Crippen molar-refractivity contribution in [1.82, 2.24) is 0 Å². The monoisotopic (exact) mass is 142 g/mol. The van der Waals surface area contributed by atoms with Crippen LogP contribution in [0.3, 0.4) is 0 Å². The molecule has 0 amide bonds. The molecule has 0 saturated heterocycles. The van der Waals surface area contributed by atoms with Gasteiger partial charge in [0, 0.05) is 20.8 Å². The third-order valence-corrected chi connectivity index (χ3v) is 1.02. The van der Waals surface area contributed by atoms with Gasteiger partial charge in [-0.05, 0) is 10.7 Å². The van der Waals surface area contributed by atoms with Gasteiger partial charge in [0.25, 0.3) is 0 Å². The van der Waals surface area contributed by atoms with Crippen molar-refractivity contribution in [2.45, 2.75) is 0 Å². The van der Waals surface area contributed by atoms with Crippen LogP contribution in [0.5, 0.6) is 0 Å². The van der Waals surface area contributed by atoms with Crippen LogP contribution in [0.1, 0.15) is 0 Å². The summed E-state index contributed by atoms with van der Waals surface area (Å²) in [5.74, 6) is 0. The van der Waals surface area contributed by atoms with E-state index in [0.717, 1.165) is 0 Å². The molecule has 2 nitrogen and oxygen atoms in total. The van der Waals surface area contributed by atoms with Crippen molar-refractivity contribution < 1.29 is 9.00 Å². The summed E-state index contributed by atoms with van der Waals surface area (Å²) in [5.41, 5.74) is 0.277. The van der Waals surface area contributed by atoms with Gasteiger partial charge >= 0.3 is 0 Å². The topological polar surface area (TPSA) is 34.1 Å². The molecule has 0 aromatic carbocycles. The SMILES string of the molecule is CS(C)(=O)(Cl)C=O. The fourth-order valence-corrected chi connectivity index (χ4v) is 0. The van der Waals surface area contributed by atoms with E-state index in [1.54, 1.807) is 0 Å². The maximum Gasteiger partial charge on any atom is 0.197 e. The Bertz CT molecular complexity index is 134. The maximum atomic E-state index is 10.6. The third-order valence-electron chi connectivity index (χ3n) is 0.268. The first kappa shape index (κ1) is 7.11. The summed E-state index contributed by atoms with van der Waals surface area (Å²) in [6, 6.07) is 0. The van der Waals surface area contributed by atoms with Gasteiger partial charge in [0.1, 0.15) is 0 Å². The molecule has 0 saturated carbocycles. The van der Waals surface area contributed by atoms with E-state index in [9.17, 15) is 9.00 Å². The van der Waals surface area contributed by atoms with Crippen molar-refractivity contribution in [3.05, 3.63) is 0 Å². The van der Waals surface area contributed by atoms with E-state index in [-0.39, 0.29) is 5.62 Å². The number of carbonyl (C=O) groups excluding carboxylic acids is 1. The molecule has 0 unspecified atom stereocenters. The zero-order chi connectivity index (χ0) is 6.15. The largest absolute Gasteiger partial charge is 0.289 e. The van der Waals surface area contributed by atoms with Gasteiger partial charge in [-0.3, -0.25) is 9.00 Å². The molecule has 0 aromatic heterocycles. The summed E-state index contributed by atoms with van der Waals surface area (Å²) in [4.78, 5) is 9.75. The first-order valence-corrected chi connectivity index (χ1v) is 5.28. The Morgan fingerprint density at radius 3 is 1.71 bits per heavy atom. The zero-order valence-corrected chi connectivity index (χ0v) is 5.75. The van der Waals surface area contributed by atoms with Gasteiger partial charge < -0.3 is 0 Å². The molecule has 0 atom stereocenters. The van der Waals surface area contributed by atoms with Crippen molar-refractivity contribution in [3.8, 4) is 0 Å². The molecule has 0 radical (unpaired) electrons. The van der Waals surface area contributed by atoms with Crippen LogP contribution in [0, 0.1) is 0 Å². The molecule has 44 valence electrons. The average molecular weight is 143 g/mol. The van der Waals surface area contributed by atoms with E-state index in [4.69, 9.17) is 10.7 Å². The Hall–Kier alpha value is 0.110. The predicted octanol–water partition coefficient (Wildman–Crippen LogP) is 0.410. The number of halogens is 1. The molecular weight excluding hydrogens is 136 g/mol. The highest BCUT2D eigenvalue weighted by molar-refractivity contribution is 8.46. The van der Waals surface area contributed by atoms with Crippen LogP contribution >= 0.6 is 10.7 Å². The molecule has 0 rings (SSSR count). The molecule has 0 spiro atoms. The molecule has 0 aliphatic heterocycles. The number of hydrogen-bond donors (Lipinski definition) is 0. The number of hydrogen-bond acceptors (Lipinski definition) is 2. The van der Waals surface area contributed by atoms with Gasteiger partial charge in [0.15, 0.2) is 5.62 Å². The van der Waals surface area contributed by atoms with Gasteiger partial charge in [0.2, 0.25) is 0 Å². The Kier molecular flexibility index (Phi) is 1.31. The van der Waals surface area contributed by atoms with Crippen molar-refractivity contribution in [1.29, 1.82) is 0 Å². The molecule has 0 N–H and O–H groups in total. The second-order valence-corrected chi connectivity index (χ2v) is 8.36.